The Morgan fingerprint density at radius 1 is 1.05 bits per heavy atom. The fourth-order valence-electron chi connectivity index (χ4n) is 2.63. The van der Waals surface area contributed by atoms with Gasteiger partial charge in [0.05, 0.1) is 0 Å². The molecule has 1 aromatic rings. The molecule has 0 radical (unpaired) electrons. The van der Waals surface area contributed by atoms with Crippen LogP contribution in [0.5, 0.6) is 0 Å². The van der Waals surface area contributed by atoms with Crippen molar-refractivity contribution in [3.63, 3.8) is 0 Å². The number of nitrogens with zero attached hydrogens (tertiary/aromatic N) is 1. The van der Waals surface area contributed by atoms with Gasteiger partial charge in [-0.05, 0) is 61.8 Å². The molecule has 2 fully saturated rings. The van der Waals surface area contributed by atoms with Crippen LogP contribution in [0.25, 0.3) is 0 Å². The van der Waals surface area contributed by atoms with E-state index in [1.165, 1.54) is 37.8 Å². The van der Waals surface area contributed by atoms with E-state index in [0.29, 0.717) is 12.0 Å². The summed E-state index contributed by atoms with van der Waals surface area (Å²) in [5.41, 5.74) is 0.629. The quantitative estimate of drug-likeness (QED) is 0.677. The maximum absolute atomic E-state index is 12.8. The standard InChI is InChI=1S/C17H22FNO/c18-16-7-5-15(6-8-16)17(20)9-10-19(11-13-1-2-13)12-14-3-4-14/h5-8,13-14H,1-4,9-12H2. The van der Waals surface area contributed by atoms with Crippen molar-refractivity contribution in [3.8, 4) is 0 Å². The van der Waals surface area contributed by atoms with Crippen LogP contribution in [0.3, 0.4) is 0 Å². The van der Waals surface area contributed by atoms with Crippen LogP contribution in [-0.4, -0.2) is 30.3 Å². The highest BCUT2D eigenvalue weighted by Crippen LogP contribution is 2.33. The molecule has 0 aromatic heterocycles. The lowest BCUT2D eigenvalue weighted by molar-refractivity contribution is 0.0961. The van der Waals surface area contributed by atoms with Gasteiger partial charge in [0, 0.05) is 31.6 Å². The summed E-state index contributed by atoms with van der Waals surface area (Å²) in [6.07, 6.45) is 5.96. The van der Waals surface area contributed by atoms with Gasteiger partial charge in [-0.1, -0.05) is 0 Å². The van der Waals surface area contributed by atoms with Crippen molar-refractivity contribution in [1.82, 2.24) is 4.90 Å². The average Bonchev–Trinajstić information content (AvgIpc) is 3.32. The Balaban J connectivity index is 1.49. The van der Waals surface area contributed by atoms with E-state index >= 15 is 0 Å². The van der Waals surface area contributed by atoms with E-state index in [2.05, 4.69) is 4.90 Å². The molecule has 3 heteroatoms. The molecule has 3 rings (SSSR count). The van der Waals surface area contributed by atoms with E-state index in [0.717, 1.165) is 31.5 Å². The number of carbonyl (C=O) groups excluding carboxylic acids is 1. The number of carbonyl (C=O) groups is 1. The van der Waals surface area contributed by atoms with E-state index in [1.54, 1.807) is 12.1 Å². The zero-order chi connectivity index (χ0) is 13.9. The minimum Gasteiger partial charge on any atom is -0.302 e. The van der Waals surface area contributed by atoms with Gasteiger partial charge in [0.2, 0.25) is 0 Å². The first-order valence-corrected chi connectivity index (χ1v) is 7.72. The molecule has 0 saturated heterocycles. The molecule has 2 saturated carbocycles. The van der Waals surface area contributed by atoms with Crippen LogP contribution in [0.2, 0.25) is 0 Å². The Morgan fingerprint density at radius 3 is 2.10 bits per heavy atom. The van der Waals surface area contributed by atoms with Gasteiger partial charge in [-0.2, -0.15) is 0 Å². The molecule has 2 aliphatic carbocycles. The van der Waals surface area contributed by atoms with Crippen LogP contribution in [0, 0.1) is 17.7 Å². The monoisotopic (exact) mass is 275 g/mol. The second-order valence-electron chi connectivity index (χ2n) is 6.33. The van der Waals surface area contributed by atoms with Crippen molar-refractivity contribution in [3.05, 3.63) is 35.6 Å². The first kappa shape index (κ1) is 13.7. The molecule has 1 aromatic carbocycles. The van der Waals surface area contributed by atoms with Crippen LogP contribution in [0.15, 0.2) is 24.3 Å². The first-order valence-electron chi connectivity index (χ1n) is 7.72. The molecule has 20 heavy (non-hydrogen) atoms. The SMILES string of the molecule is O=C(CCN(CC1CC1)CC1CC1)c1ccc(F)cc1. The molecule has 0 N–H and O–H groups in total. The van der Waals surface area contributed by atoms with E-state index < -0.39 is 0 Å². The van der Waals surface area contributed by atoms with Crippen LogP contribution in [0.4, 0.5) is 4.39 Å². The van der Waals surface area contributed by atoms with Crippen LogP contribution in [-0.2, 0) is 0 Å². The summed E-state index contributed by atoms with van der Waals surface area (Å²) in [6, 6.07) is 5.90. The molecular weight excluding hydrogens is 253 g/mol. The second kappa shape index (κ2) is 6.04. The summed E-state index contributed by atoms with van der Waals surface area (Å²) in [5, 5.41) is 0. The minimum atomic E-state index is -0.286. The van der Waals surface area contributed by atoms with E-state index in [1.807, 2.05) is 0 Å². The van der Waals surface area contributed by atoms with Crippen molar-refractivity contribution in [2.45, 2.75) is 32.1 Å². The zero-order valence-corrected chi connectivity index (χ0v) is 11.9. The highest BCUT2D eigenvalue weighted by Gasteiger charge is 2.29. The number of halogens is 1. The maximum Gasteiger partial charge on any atom is 0.164 e. The number of benzene rings is 1. The van der Waals surface area contributed by atoms with Gasteiger partial charge in [0.1, 0.15) is 5.82 Å². The highest BCUT2D eigenvalue weighted by molar-refractivity contribution is 5.96. The maximum atomic E-state index is 12.8. The lowest BCUT2D eigenvalue weighted by Gasteiger charge is -2.21. The number of hydrogen-bond donors (Lipinski definition) is 0. The lowest BCUT2D eigenvalue weighted by atomic mass is 10.1. The molecule has 108 valence electrons. The summed E-state index contributed by atoms with van der Waals surface area (Å²) in [6.45, 7) is 3.17. The van der Waals surface area contributed by atoms with Crippen molar-refractivity contribution < 1.29 is 9.18 Å². The summed E-state index contributed by atoms with van der Waals surface area (Å²) in [5.74, 6) is 1.58. The molecular formula is C17H22FNO. The molecule has 0 unspecified atom stereocenters. The fraction of sp³-hybridized carbons (Fsp3) is 0.588. The molecule has 2 aliphatic rings. The summed E-state index contributed by atoms with van der Waals surface area (Å²) >= 11 is 0. The van der Waals surface area contributed by atoms with Crippen molar-refractivity contribution in [2.24, 2.45) is 11.8 Å². The smallest absolute Gasteiger partial charge is 0.164 e. The number of hydrogen-bond acceptors (Lipinski definition) is 2. The van der Waals surface area contributed by atoms with Gasteiger partial charge in [-0.25, -0.2) is 4.39 Å². The number of Topliss-reactive ketones (excluding diaryl/α,β-unsaturated/α-hetero) is 1. The van der Waals surface area contributed by atoms with Crippen molar-refractivity contribution in [1.29, 1.82) is 0 Å². The van der Waals surface area contributed by atoms with Crippen LogP contribution in [0.1, 0.15) is 42.5 Å². The Morgan fingerprint density at radius 2 is 1.60 bits per heavy atom. The molecule has 0 atom stereocenters. The second-order valence-corrected chi connectivity index (χ2v) is 6.33. The largest absolute Gasteiger partial charge is 0.302 e. The zero-order valence-electron chi connectivity index (χ0n) is 11.9. The van der Waals surface area contributed by atoms with E-state index in [9.17, 15) is 9.18 Å². The van der Waals surface area contributed by atoms with Gasteiger partial charge >= 0.3 is 0 Å². The van der Waals surface area contributed by atoms with Gasteiger partial charge in [0.25, 0.3) is 0 Å². The molecule has 0 aliphatic heterocycles. The third-order valence-corrected chi connectivity index (χ3v) is 4.25. The summed E-state index contributed by atoms with van der Waals surface area (Å²) in [7, 11) is 0. The predicted molar refractivity (Wildman–Crippen MR) is 77.2 cm³/mol. The van der Waals surface area contributed by atoms with E-state index in [-0.39, 0.29) is 11.6 Å². The van der Waals surface area contributed by atoms with Crippen LogP contribution >= 0.6 is 0 Å². The Bertz CT molecular complexity index is 448. The third-order valence-electron chi connectivity index (χ3n) is 4.25. The normalized spacial score (nSPS) is 18.5. The molecule has 0 spiro atoms. The molecule has 0 heterocycles. The van der Waals surface area contributed by atoms with Gasteiger partial charge in [-0.3, -0.25) is 4.79 Å². The van der Waals surface area contributed by atoms with E-state index in [4.69, 9.17) is 0 Å². The summed E-state index contributed by atoms with van der Waals surface area (Å²) in [4.78, 5) is 14.6. The Kier molecular flexibility index (Phi) is 4.16. The summed E-state index contributed by atoms with van der Waals surface area (Å²) < 4.78 is 12.8. The first-order chi connectivity index (χ1) is 9.70. The highest BCUT2D eigenvalue weighted by atomic mass is 19.1. The predicted octanol–water partition coefficient (Wildman–Crippen LogP) is 3.52. The Labute approximate surface area is 120 Å². The van der Waals surface area contributed by atoms with Gasteiger partial charge in [0.15, 0.2) is 5.78 Å². The molecule has 0 bridgehead atoms. The minimum absolute atomic E-state index is 0.126. The third kappa shape index (κ3) is 4.14. The lowest BCUT2D eigenvalue weighted by Crippen LogP contribution is -2.30. The topological polar surface area (TPSA) is 20.3 Å². The van der Waals surface area contributed by atoms with Crippen molar-refractivity contribution >= 4 is 5.78 Å². The average molecular weight is 275 g/mol. The number of rotatable bonds is 8. The molecule has 2 nitrogen and oxygen atoms in total. The van der Waals surface area contributed by atoms with Gasteiger partial charge < -0.3 is 4.90 Å². The fourth-order valence-corrected chi connectivity index (χ4v) is 2.63. The van der Waals surface area contributed by atoms with Gasteiger partial charge in [-0.15, -0.1) is 0 Å². The van der Waals surface area contributed by atoms with Crippen LogP contribution < -0.4 is 0 Å². The Hall–Kier alpha value is -1.22. The van der Waals surface area contributed by atoms with Crippen molar-refractivity contribution in [2.75, 3.05) is 19.6 Å². The molecule has 0 amide bonds. The number of ketones is 1.